The van der Waals surface area contributed by atoms with E-state index in [0.29, 0.717) is 11.7 Å². The van der Waals surface area contributed by atoms with Crippen molar-refractivity contribution < 1.29 is 9.53 Å². The lowest BCUT2D eigenvalue weighted by Crippen LogP contribution is -2.23. The van der Waals surface area contributed by atoms with Gasteiger partial charge in [-0.15, -0.1) is 11.3 Å². The zero-order valence-corrected chi connectivity index (χ0v) is 19.3. The van der Waals surface area contributed by atoms with Crippen LogP contribution in [0.4, 0.5) is 10.8 Å². The summed E-state index contributed by atoms with van der Waals surface area (Å²) in [6.45, 7) is 9.27. The minimum absolute atomic E-state index is 0.0442. The summed E-state index contributed by atoms with van der Waals surface area (Å²) >= 11 is 1.49. The molecule has 158 valence electrons. The molecule has 30 heavy (non-hydrogen) atoms. The summed E-state index contributed by atoms with van der Waals surface area (Å²) < 4.78 is 5.46. The largest absolute Gasteiger partial charge is 0.496 e. The minimum Gasteiger partial charge on any atom is -0.496 e. The number of hydrogen-bond donors (Lipinski definition) is 0. The second-order valence-electron chi connectivity index (χ2n) is 7.75. The molecule has 0 unspecified atom stereocenters. The van der Waals surface area contributed by atoms with Crippen LogP contribution in [0.1, 0.15) is 34.9 Å². The summed E-state index contributed by atoms with van der Waals surface area (Å²) in [5, 5.41) is 2.73. The predicted molar refractivity (Wildman–Crippen MR) is 124 cm³/mol. The first-order valence-electron chi connectivity index (χ1n) is 9.93. The Morgan fingerprint density at radius 1 is 1.07 bits per heavy atom. The van der Waals surface area contributed by atoms with Gasteiger partial charge in [-0.2, -0.15) is 0 Å². The summed E-state index contributed by atoms with van der Waals surface area (Å²) in [6, 6.07) is 12.3. The van der Waals surface area contributed by atoms with E-state index in [1.54, 1.807) is 18.9 Å². The van der Waals surface area contributed by atoms with Crippen molar-refractivity contribution >= 4 is 28.1 Å². The number of nitrogens with zero attached hydrogens (tertiary/aromatic N) is 3. The average molecular weight is 424 g/mol. The second kappa shape index (κ2) is 9.41. The number of carbonyl (C=O) groups is 1. The van der Waals surface area contributed by atoms with Gasteiger partial charge in [0, 0.05) is 25.4 Å². The quantitative estimate of drug-likeness (QED) is 0.511. The maximum Gasteiger partial charge on any atom is 0.230 e. The minimum atomic E-state index is -0.0442. The maximum absolute atomic E-state index is 12.3. The molecule has 0 aliphatic carbocycles. The molecule has 2 aromatic carbocycles. The van der Waals surface area contributed by atoms with Crippen molar-refractivity contribution in [2.45, 2.75) is 40.8 Å². The SMILES string of the molecule is COc1c(C)cc(CN(C)Cc2csc(N(C(C)=O)c3ccc(C)cc3)n2)cc1C. The van der Waals surface area contributed by atoms with E-state index in [-0.39, 0.29) is 5.91 Å². The van der Waals surface area contributed by atoms with Gasteiger partial charge in [0.05, 0.1) is 18.5 Å². The van der Waals surface area contributed by atoms with E-state index < -0.39 is 0 Å². The Morgan fingerprint density at radius 2 is 1.70 bits per heavy atom. The predicted octanol–water partition coefficient (Wildman–Crippen LogP) is 5.39. The number of amides is 1. The normalized spacial score (nSPS) is 11.0. The van der Waals surface area contributed by atoms with Crippen LogP contribution in [0, 0.1) is 20.8 Å². The molecule has 5 nitrogen and oxygen atoms in total. The highest BCUT2D eigenvalue weighted by Crippen LogP contribution is 2.30. The van der Waals surface area contributed by atoms with Gasteiger partial charge in [-0.1, -0.05) is 29.8 Å². The third-order valence-electron chi connectivity index (χ3n) is 4.95. The number of methoxy groups -OCH3 is 1. The molecular formula is C24H29N3O2S. The molecule has 1 aromatic heterocycles. The smallest absolute Gasteiger partial charge is 0.230 e. The van der Waals surface area contributed by atoms with Crippen LogP contribution in [-0.4, -0.2) is 29.9 Å². The molecule has 6 heteroatoms. The molecule has 1 heterocycles. The molecular weight excluding hydrogens is 394 g/mol. The summed E-state index contributed by atoms with van der Waals surface area (Å²) in [5.41, 5.74) is 6.49. The molecule has 3 rings (SSSR count). The summed E-state index contributed by atoms with van der Waals surface area (Å²) in [7, 11) is 3.79. The Hall–Kier alpha value is -2.70. The molecule has 0 fully saturated rings. The molecule has 0 bridgehead atoms. The van der Waals surface area contributed by atoms with E-state index in [1.807, 2.05) is 36.6 Å². The van der Waals surface area contributed by atoms with Gasteiger partial charge in [0.15, 0.2) is 5.13 Å². The highest BCUT2D eigenvalue weighted by atomic mass is 32.1. The third kappa shape index (κ3) is 5.07. The zero-order valence-electron chi connectivity index (χ0n) is 18.5. The van der Waals surface area contributed by atoms with Crippen molar-refractivity contribution in [3.63, 3.8) is 0 Å². The number of anilines is 2. The van der Waals surface area contributed by atoms with Crippen molar-refractivity contribution in [3.8, 4) is 5.75 Å². The fraction of sp³-hybridized carbons (Fsp3) is 0.333. The topological polar surface area (TPSA) is 45.7 Å². The van der Waals surface area contributed by atoms with Crippen LogP contribution in [0.5, 0.6) is 5.75 Å². The van der Waals surface area contributed by atoms with Crippen LogP contribution in [-0.2, 0) is 17.9 Å². The molecule has 0 radical (unpaired) electrons. The molecule has 0 N–H and O–H groups in total. The van der Waals surface area contributed by atoms with E-state index in [4.69, 9.17) is 9.72 Å². The van der Waals surface area contributed by atoms with E-state index in [1.165, 1.54) is 16.9 Å². The van der Waals surface area contributed by atoms with Crippen molar-refractivity contribution in [3.05, 3.63) is 69.7 Å². The van der Waals surface area contributed by atoms with Crippen LogP contribution >= 0.6 is 11.3 Å². The second-order valence-corrected chi connectivity index (χ2v) is 8.58. The molecule has 0 aliphatic rings. The zero-order chi connectivity index (χ0) is 21.8. The number of thiazole rings is 1. The van der Waals surface area contributed by atoms with Gasteiger partial charge in [-0.25, -0.2) is 4.98 Å². The lowest BCUT2D eigenvalue weighted by molar-refractivity contribution is -0.115. The number of benzene rings is 2. The molecule has 0 aliphatic heterocycles. The molecule has 0 saturated carbocycles. The molecule has 0 spiro atoms. The van der Waals surface area contributed by atoms with E-state index in [9.17, 15) is 4.79 Å². The number of carbonyl (C=O) groups excluding carboxylic acids is 1. The van der Waals surface area contributed by atoms with Gasteiger partial charge >= 0.3 is 0 Å². The fourth-order valence-electron chi connectivity index (χ4n) is 3.69. The Bertz CT molecular complexity index is 1000. The summed E-state index contributed by atoms with van der Waals surface area (Å²) in [5.74, 6) is 0.906. The molecule has 0 atom stereocenters. The van der Waals surface area contributed by atoms with Crippen LogP contribution in [0.25, 0.3) is 0 Å². The first-order valence-corrected chi connectivity index (χ1v) is 10.8. The lowest BCUT2D eigenvalue weighted by atomic mass is 10.1. The van der Waals surface area contributed by atoms with Gasteiger partial charge in [0.2, 0.25) is 5.91 Å². The highest BCUT2D eigenvalue weighted by Gasteiger charge is 2.18. The summed E-state index contributed by atoms with van der Waals surface area (Å²) in [6.07, 6.45) is 0. The van der Waals surface area contributed by atoms with E-state index in [2.05, 4.69) is 37.9 Å². The molecule has 1 amide bonds. The Morgan fingerprint density at radius 3 is 2.27 bits per heavy atom. The van der Waals surface area contributed by atoms with Gasteiger partial charge in [0.25, 0.3) is 0 Å². The van der Waals surface area contributed by atoms with Crippen LogP contribution in [0.3, 0.4) is 0 Å². The third-order valence-corrected chi connectivity index (χ3v) is 5.82. The fourth-order valence-corrected chi connectivity index (χ4v) is 4.57. The van der Waals surface area contributed by atoms with Gasteiger partial charge < -0.3 is 4.74 Å². The van der Waals surface area contributed by atoms with Gasteiger partial charge in [0.1, 0.15) is 5.75 Å². The molecule has 0 saturated heterocycles. The summed E-state index contributed by atoms with van der Waals surface area (Å²) in [4.78, 5) is 20.9. The van der Waals surface area contributed by atoms with Crippen LogP contribution in [0.15, 0.2) is 41.8 Å². The first-order chi connectivity index (χ1) is 14.3. The lowest BCUT2D eigenvalue weighted by Gasteiger charge is -2.19. The Kier molecular flexibility index (Phi) is 6.90. The van der Waals surface area contributed by atoms with Crippen molar-refractivity contribution in [2.24, 2.45) is 0 Å². The average Bonchev–Trinajstić information content (AvgIpc) is 3.10. The number of aryl methyl sites for hydroxylation is 3. The van der Waals surface area contributed by atoms with Crippen LogP contribution in [0.2, 0.25) is 0 Å². The van der Waals surface area contributed by atoms with E-state index in [0.717, 1.165) is 40.4 Å². The number of aromatic nitrogens is 1. The number of ether oxygens (including phenoxy) is 1. The Labute approximate surface area is 182 Å². The van der Waals surface area contributed by atoms with E-state index >= 15 is 0 Å². The Balaban J connectivity index is 1.72. The van der Waals surface area contributed by atoms with Crippen molar-refractivity contribution in [1.29, 1.82) is 0 Å². The first kappa shape index (κ1) is 22.0. The van der Waals surface area contributed by atoms with Gasteiger partial charge in [-0.05, 0) is 56.6 Å². The molecule has 3 aromatic rings. The van der Waals surface area contributed by atoms with Crippen LogP contribution < -0.4 is 9.64 Å². The monoisotopic (exact) mass is 423 g/mol. The maximum atomic E-state index is 12.3. The standard InChI is InChI=1S/C24H29N3O2S/c1-16-7-9-22(10-8-16)27(19(4)28)24-25-21(15-30-24)14-26(5)13-20-11-17(2)23(29-6)18(3)12-20/h7-12,15H,13-14H2,1-6H3. The number of rotatable bonds is 7. The highest BCUT2D eigenvalue weighted by molar-refractivity contribution is 7.14. The van der Waals surface area contributed by atoms with Crippen molar-refractivity contribution in [1.82, 2.24) is 9.88 Å². The number of hydrogen-bond acceptors (Lipinski definition) is 5. The van der Waals surface area contributed by atoms with Gasteiger partial charge in [-0.3, -0.25) is 14.6 Å². The van der Waals surface area contributed by atoms with Crippen molar-refractivity contribution in [2.75, 3.05) is 19.1 Å².